The molecule has 0 saturated heterocycles. The molecule has 34 heavy (non-hydrogen) atoms. The average molecular weight is 453 g/mol. The second-order valence-corrected chi connectivity index (χ2v) is 7.92. The predicted octanol–water partition coefficient (Wildman–Crippen LogP) is 4.91. The van der Waals surface area contributed by atoms with Gasteiger partial charge in [-0.05, 0) is 42.0 Å². The number of anilines is 1. The van der Waals surface area contributed by atoms with Crippen LogP contribution in [0.2, 0.25) is 0 Å². The fraction of sp³-hybridized carbons (Fsp3) is 0.148. The van der Waals surface area contributed by atoms with Crippen LogP contribution in [0.25, 0.3) is 22.2 Å². The SMILES string of the molecule is CCC(=O)Nc1ccc(-c2cc(C(=O)NCc3ccc4c(c3)OCO4)c3ccccc3n2)cc1. The van der Waals surface area contributed by atoms with E-state index in [0.29, 0.717) is 35.7 Å². The Morgan fingerprint density at radius 3 is 2.56 bits per heavy atom. The summed E-state index contributed by atoms with van der Waals surface area (Å²) in [6.07, 6.45) is 0.415. The molecule has 1 aromatic heterocycles. The van der Waals surface area contributed by atoms with Crippen LogP contribution in [-0.2, 0) is 11.3 Å². The van der Waals surface area contributed by atoms with Crippen molar-refractivity contribution in [3.05, 3.63) is 83.9 Å². The average Bonchev–Trinajstić information content (AvgIpc) is 3.35. The summed E-state index contributed by atoms with van der Waals surface area (Å²) < 4.78 is 10.8. The molecule has 1 aliphatic rings. The van der Waals surface area contributed by atoms with E-state index in [1.54, 1.807) is 6.07 Å². The van der Waals surface area contributed by atoms with Gasteiger partial charge in [-0.2, -0.15) is 0 Å². The number of hydrogen-bond donors (Lipinski definition) is 2. The second-order valence-electron chi connectivity index (χ2n) is 7.92. The molecule has 2 heterocycles. The van der Waals surface area contributed by atoms with Gasteiger partial charge in [0.25, 0.3) is 5.91 Å². The van der Waals surface area contributed by atoms with E-state index in [1.165, 1.54) is 0 Å². The Labute approximate surface area is 196 Å². The van der Waals surface area contributed by atoms with Crippen molar-refractivity contribution in [2.45, 2.75) is 19.9 Å². The highest BCUT2D eigenvalue weighted by Gasteiger charge is 2.16. The molecule has 3 aromatic carbocycles. The summed E-state index contributed by atoms with van der Waals surface area (Å²) in [6.45, 7) is 2.37. The number of amides is 2. The Morgan fingerprint density at radius 1 is 0.941 bits per heavy atom. The van der Waals surface area contributed by atoms with Gasteiger partial charge in [-0.15, -0.1) is 0 Å². The minimum atomic E-state index is -0.190. The van der Waals surface area contributed by atoms with Crippen molar-refractivity contribution in [2.75, 3.05) is 12.1 Å². The molecular weight excluding hydrogens is 430 g/mol. The summed E-state index contributed by atoms with van der Waals surface area (Å²) >= 11 is 0. The molecule has 0 fully saturated rings. The Morgan fingerprint density at radius 2 is 1.74 bits per heavy atom. The molecule has 0 unspecified atom stereocenters. The quantitative estimate of drug-likeness (QED) is 0.433. The number of nitrogens with one attached hydrogen (secondary N) is 2. The van der Waals surface area contributed by atoms with E-state index in [1.807, 2.05) is 73.7 Å². The summed E-state index contributed by atoms with van der Waals surface area (Å²) in [6, 6.07) is 22.4. The largest absolute Gasteiger partial charge is 0.454 e. The molecule has 4 aromatic rings. The van der Waals surface area contributed by atoms with Crippen molar-refractivity contribution in [3.63, 3.8) is 0 Å². The standard InChI is InChI=1S/C27H23N3O4/c1-2-26(31)29-19-10-8-18(9-11-19)23-14-21(20-5-3-4-6-22(20)30-23)27(32)28-15-17-7-12-24-25(13-17)34-16-33-24/h3-14H,2,15-16H2,1H3,(H,28,32)(H,29,31). The molecule has 1 aliphatic heterocycles. The van der Waals surface area contributed by atoms with Gasteiger partial charge in [-0.25, -0.2) is 4.98 Å². The van der Waals surface area contributed by atoms with Gasteiger partial charge in [-0.3, -0.25) is 9.59 Å². The number of carbonyl (C=O) groups is 2. The van der Waals surface area contributed by atoms with Crippen LogP contribution >= 0.6 is 0 Å². The van der Waals surface area contributed by atoms with Crippen LogP contribution in [0.5, 0.6) is 11.5 Å². The van der Waals surface area contributed by atoms with Gasteiger partial charge >= 0.3 is 0 Å². The number of ether oxygens (including phenoxy) is 2. The number of pyridine rings is 1. The van der Waals surface area contributed by atoms with Gasteiger partial charge in [0, 0.05) is 29.6 Å². The molecule has 0 spiro atoms. The molecule has 0 aliphatic carbocycles. The van der Waals surface area contributed by atoms with Gasteiger partial charge in [0.1, 0.15) is 0 Å². The van der Waals surface area contributed by atoms with E-state index in [4.69, 9.17) is 14.5 Å². The summed E-state index contributed by atoms with van der Waals surface area (Å²) in [7, 11) is 0. The van der Waals surface area contributed by atoms with Crippen LogP contribution in [0.3, 0.4) is 0 Å². The third-order valence-electron chi connectivity index (χ3n) is 5.64. The summed E-state index contributed by atoms with van der Waals surface area (Å²) in [5, 5.41) is 6.62. The third kappa shape index (κ3) is 4.41. The smallest absolute Gasteiger partial charge is 0.252 e. The van der Waals surface area contributed by atoms with Gasteiger partial charge < -0.3 is 20.1 Å². The first-order chi connectivity index (χ1) is 16.6. The maximum absolute atomic E-state index is 13.2. The zero-order chi connectivity index (χ0) is 23.5. The number of hydrogen-bond acceptors (Lipinski definition) is 5. The van der Waals surface area contributed by atoms with E-state index in [9.17, 15) is 9.59 Å². The van der Waals surface area contributed by atoms with E-state index in [2.05, 4.69) is 10.6 Å². The van der Waals surface area contributed by atoms with Crippen molar-refractivity contribution >= 4 is 28.4 Å². The lowest BCUT2D eigenvalue weighted by Crippen LogP contribution is -2.23. The number of nitrogens with zero attached hydrogens (tertiary/aromatic N) is 1. The summed E-state index contributed by atoms with van der Waals surface area (Å²) in [5.74, 6) is 1.16. The Hall–Kier alpha value is -4.39. The van der Waals surface area contributed by atoms with Crippen molar-refractivity contribution < 1.29 is 19.1 Å². The highest BCUT2D eigenvalue weighted by atomic mass is 16.7. The first-order valence-electron chi connectivity index (χ1n) is 11.1. The van der Waals surface area contributed by atoms with Crippen LogP contribution in [0.4, 0.5) is 5.69 Å². The Balaban J connectivity index is 1.41. The van der Waals surface area contributed by atoms with Crippen LogP contribution < -0.4 is 20.1 Å². The van der Waals surface area contributed by atoms with Crippen LogP contribution in [0, 0.1) is 0 Å². The van der Waals surface area contributed by atoms with Crippen molar-refractivity contribution in [3.8, 4) is 22.8 Å². The summed E-state index contributed by atoms with van der Waals surface area (Å²) in [5.41, 5.74) is 4.45. The number of aromatic nitrogens is 1. The van der Waals surface area contributed by atoms with Gasteiger partial charge in [0.15, 0.2) is 11.5 Å². The Bertz CT molecular complexity index is 1380. The number of rotatable bonds is 6. The topological polar surface area (TPSA) is 89.6 Å². The fourth-order valence-corrected chi connectivity index (χ4v) is 3.81. The minimum absolute atomic E-state index is 0.0435. The Kier molecular flexibility index (Phi) is 5.82. The molecule has 7 nitrogen and oxygen atoms in total. The first-order valence-corrected chi connectivity index (χ1v) is 11.1. The number of benzene rings is 3. The van der Waals surface area contributed by atoms with Crippen LogP contribution in [0.15, 0.2) is 72.8 Å². The highest BCUT2D eigenvalue weighted by molar-refractivity contribution is 6.07. The van der Waals surface area contributed by atoms with Crippen molar-refractivity contribution in [1.82, 2.24) is 10.3 Å². The van der Waals surface area contributed by atoms with E-state index >= 15 is 0 Å². The molecule has 2 N–H and O–H groups in total. The van der Waals surface area contributed by atoms with Gasteiger partial charge in [0.05, 0.1) is 16.8 Å². The van der Waals surface area contributed by atoms with Gasteiger partial charge in [0.2, 0.25) is 12.7 Å². The monoisotopic (exact) mass is 453 g/mol. The maximum Gasteiger partial charge on any atom is 0.252 e. The van der Waals surface area contributed by atoms with E-state index in [-0.39, 0.29) is 18.6 Å². The fourth-order valence-electron chi connectivity index (χ4n) is 3.81. The van der Waals surface area contributed by atoms with E-state index in [0.717, 1.165) is 27.7 Å². The number of carbonyl (C=O) groups excluding carboxylic acids is 2. The second kappa shape index (κ2) is 9.23. The molecule has 0 bridgehead atoms. The zero-order valence-electron chi connectivity index (χ0n) is 18.6. The maximum atomic E-state index is 13.2. The highest BCUT2D eigenvalue weighted by Crippen LogP contribution is 2.32. The van der Waals surface area contributed by atoms with E-state index < -0.39 is 0 Å². The molecule has 7 heteroatoms. The van der Waals surface area contributed by atoms with Crippen LogP contribution in [-0.4, -0.2) is 23.6 Å². The normalized spacial score (nSPS) is 11.9. The minimum Gasteiger partial charge on any atom is -0.454 e. The first kappa shape index (κ1) is 21.5. The zero-order valence-corrected chi connectivity index (χ0v) is 18.6. The van der Waals surface area contributed by atoms with Crippen molar-refractivity contribution in [1.29, 1.82) is 0 Å². The molecule has 2 amide bonds. The third-order valence-corrected chi connectivity index (χ3v) is 5.64. The van der Waals surface area contributed by atoms with Crippen molar-refractivity contribution in [2.24, 2.45) is 0 Å². The van der Waals surface area contributed by atoms with Crippen LogP contribution in [0.1, 0.15) is 29.3 Å². The molecule has 170 valence electrons. The molecule has 0 saturated carbocycles. The molecular formula is C27H23N3O4. The van der Waals surface area contributed by atoms with Gasteiger partial charge in [-0.1, -0.05) is 43.3 Å². The molecule has 0 atom stereocenters. The molecule has 5 rings (SSSR count). The molecule has 0 radical (unpaired) electrons. The lowest BCUT2D eigenvalue weighted by atomic mass is 10.0. The summed E-state index contributed by atoms with van der Waals surface area (Å²) in [4.78, 5) is 29.6. The predicted molar refractivity (Wildman–Crippen MR) is 130 cm³/mol. The lowest BCUT2D eigenvalue weighted by Gasteiger charge is -2.11. The number of para-hydroxylation sites is 1. The number of fused-ring (bicyclic) bond motifs is 2. The lowest BCUT2D eigenvalue weighted by molar-refractivity contribution is -0.115.